The molecule has 3 nitrogen and oxygen atoms in total. The first kappa shape index (κ1) is 20.5. The molecule has 0 aliphatic heterocycles. The standard InChI is InChI=1S/C12H19Cl4O3P/c13-7-1-3-11(5-9-15)18-20(17)19-12(6-10-16)4-2-8-14/h3-4,20H,1-2,5-10H2/b11-3-,12-4-. The van der Waals surface area contributed by atoms with Gasteiger partial charge in [0.25, 0.3) is 0 Å². The van der Waals surface area contributed by atoms with Gasteiger partial charge < -0.3 is 9.05 Å². The van der Waals surface area contributed by atoms with E-state index in [4.69, 9.17) is 55.5 Å². The van der Waals surface area contributed by atoms with Crippen LogP contribution in [0.4, 0.5) is 0 Å². The van der Waals surface area contributed by atoms with E-state index in [0.29, 0.717) is 60.7 Å². The SMILES string of the molecule is O=[PH](O/C(=C\CCCl)CCCl)O/C(=C\CCCl)CCCl. The Morgan fingerprint density at radius 2 is 1.20 bits per heavy atom. The second-order valence-electron chi connectivity index (χ2n) is 3.63. The van der Waals surface area contributed by atoms with Crippen molar-refractivity contribution in [1.82, 2.24) is 0 Å². The summed E-state index contributed by atoms with van der Waals surface area (Å²) in [5.74, 6) is 2.74. The molecule has 0 radical (unpaired) electrons. The van der Waals surface area contributed by atoms with E-state index in [9.17, 15) is 4.57 Å². The van der Waals surface area contributed by atoms with Gasteiger partial charge in [-0.05, 0) is 25.0 Å². The van der Waals surface area contributed by atoms with Crippen molar-refractivity contribution in [2.24, 2.45) is 0 Å². The van der Waals surface area contributed by atoms with Crippen molar-refractivity contribution in [3.05, 3.63) is 23.7 Å². The second-order valence-corrected chi connectivity index (χ2v) is 6.05. The third kappa shape index (κ3) is 11.2. The van der Waals surface area contributed by atoms with Gasteiger partial charge in [0.05, 0.1) is 0 Å². The van der Waals surface area contributed by atoms with Crippen LogP contribution in [0.3, 0.4) is 0 Å². The normalized spacial score (nSPS) is 12.8. The molecule has 0 bridgehead atoms. The zero-order valence-electron chi connectivity index (χ0n) is 11.0. The highest BCUT2D eigenvalue weighted by Crippen LogP contribution is 2.33. The Labute approximate surface area is 141 Å². The number of hydrogen-bond donors (Lipinski definition) is 0. The first-order chi connectivity index (χ1) is 9.67. The van der Waals surface area contributed by atoms with Crippen molar-refractivity contribution >= 4 is 54.7 Å². The highest BCUT2D eigenvalue weighted by Gasteiger charge is 2.08. The maximum atomic E-state index is 11.8. The lowest BCUT2D eigenvalue weighted by Gasteiger charge is -2.12. The summed E-state index contributed by atoms with van der Waals surface area (Å²) in [6, 6.07) is 0. The van der Waals surface area contributed by atoms with Gasteiger partial charge in [0.15, 0.2) is 0 Å². The van der Waals surface area contributed by atoms with E-state index in [1.807, 2.05) is 0 Å². The third-order valence-corrected chi connectivity index (χ3v) is 3.74. The molecule has 0 spiro atoms. The molecule has 0 amide bonds. The number of allylic oxidation sites excluding steroid dienone is 4. The van der Waals surface area contributed by atoms with Crippen LogP contribution in [0, 0.1) is 0 Å². The lowest BCUT2D eigenvalue weighted by atomic mass is 10.3. The highest BCUT2D eigenvalue weighted by molar-refractivity contribution is 7.33. The lowest BCUT2D eigenvalue weighted by Crippen LogP contribution is -1.92. The van der Waals surface area contributed by atoms with Crippen molar-refractivity contribution < 1.29 is 13.6 Å². The van der Waals surface area contributed by atoms with Gasteiger partial charge >= 0.3 is 8.25 Å². The molecule has 8 heteroatoms. The van der Waals surface area contributed by atoms with E-state index in [2.05, 4.69) is 0 Å². The molecule has 0 heterocycles. The Hall–Kier alpha value is 0.470. The first-order valence-corrected chi connectivity index (χ1v) is 9.55. The molecule has 0 aliphatic carbocycles. The number of hydrogen-bond acceptors (Lipinski definition) is 3. The van der Waals surface area contributed by atoms with Gasteiger partial charge in [-0.3, -0.25) is 0 Å². The van der Waals surface area contributed by atoms with Crippen molar-refractivity contribution in [2.75, 3.05) is 23.5 Å². The summed E-state index contributed by atoms with van der Waals surface area (Å²) in [6.45, 7) is 0. The number of alkyl halides is 4. The molecule has 0 saturated heterocycles. The van der Waals surface area contributed by atoms with Crippen molar-refractivity contribution in [2.45, 2.75) is 25.7 Å². The van der Waals surface area contributed by atoms with Crippen LogP contribution < -0.4 is 0 Å². The molecule has 0 unspecified atom stereocenters. The Morgan fingerprint density at radius 3 is 1.50 bits per heavy atom. The molecular formula is C12H19Cl4O3P. The summed E-state index contributed by atoms with van der Waals surface area (Å²) in [6.07, 6.45) is 5.75. The maximum Gasteiger partial charge on any atom is 0.418 e. The fourth-order valence-electron chi connectivity index (χ4n) is 1.24. The molecular weight excluding hydrogens is 365 g/mol. The van der Waals surface area contributed by atoms with Gasteiger partial charge in [-0.1, -0.05) is 0 Å². The summed E-state index contributed by atoms with van der Waals surface area (Å²) in [5.41, 5.74) is 0. The van der Waals surface area contributed by atoms with Crippen molar-refractivity contribution in [3.8, 4) is 0 Å². The second kappa shape index (κ2) is 14.4. The molecule has 0 saturated carbocycles. The van der Waals surface area contributed by atoms with Crippen LogP contribution in [0.2, 0.25) is 0 Å². The summed E-state index contributed by atoms with van der Waals surface area (Å²) >= 11 is 22.5. The minimum atomic E-state index is -2.68. The van der Waals surface area contributed by atoms with Gasteiger partial charge in [-0.2, -0.15) is 0 Å². The highest BCUT2D eigenvalue weighted by atomic mass is 35.5. The minimum Gasteiger partial charge on any atom is -0.423 e. The molecule has 0 aliphatic rings. The van der Waals surface area contributed by atoms with Gasteiger partial charge in [0.2, 0.25) is 0 Å². The lowest BCUT2D eigenvalue weighted by molar-refractivity contribution is 0.303. The van der Waals surface area contributed by atoms with Crippen LogP contribution in [0.5, 0.6) is 0 Å². The van der Waals surface area contributed by atoms with Crippen LogP contribution in [-0.2, 0) is 13.6 Å². The molecule has 0 aromatic heterocycles. The largest absolute Gasteiger partial charge is 0.423 e. The predicted octanol–water partition coefficient (Wildman–Crippen LogP) is 5.69. The van der Waals surface area contributed by atoms with Crippen molar-refractivity contribution in [1.29, 1.82) is 0 Å². The van der Waals surface area contributed by atoms with E-state index >= 15 is 0 Å². The maximum absolute atomic E-state index is 11.8. The molecule has 0 atom stereocenters. The van der Waals surface area contributed by atoms with Gasteiger partial charge in [-0.15, -0.1) is 46.4 Å². The summed E-state index contributed by atoms with van der Waals surface area (Å²) in [7, 11) is -2.68. The van der Waals surface area contributed by atoms with Crippen molar-refractivity contribution in [3.63, 3.8) is 0 Å². The zero-order valence-corrected chi connectivity index (χ0v) is 15.1. The van der Waals surface area contributed by atoms with Crippen LogP contribution in [-0.4, -0.2) is 23.5 Å². The molecule has 0 rings (SSSR count). The molecule has 0 aromatic carbocycles. The average molecular weight is 384 g/mol. The summed E-state index contributed by atoms with van der Waals surface area (Å²) in [4.78, 5) is 0. The smallest absolute Gasteiger partial charge is 0.418 e. The fourth-order valence-corrected chi connectivity index (χ4v) is 2.67. The fraction of sp³-hybridized carbons (Fsp3) is 0.667. The molecule has 0 N–H and O–H groups in total. The monoisotopic (exact) mass is 382 g/mol. The van der Waals surface area contributed by atoms with E-state index < -0.39 is 8.25 Å². The topological polar surface area (TPSA) is 35.5 Å². The van der Waals surface area contributed by atoms with Crippen LogP contribution >= 0.6 is 54.7 Å². The Morgan fingerprint density at radius 1 is 0.800 bits per heavy atom. The third-order valence-electron chi connectivity index (χ3n) is 2.07. The Balaban J connectivity index is 4.47. The van der Waals surface area contributed by atoms with E-state index in [1.165, 1.54) is 0 Å². The minimum absolute atomic E-state index is 0.375. The van der Waals surface area contributed by atoms with Crippen LogP contribution in [0.1, 0.15) is 25.7 Å². The van der Waals surface area contributed by atoms with E-state index in [-0.39, 0.29) is 0 Å². The molecule has 0 aromatic rings. The predicted molar refractivity (Wildman–Crippen MR) is 88.7 cm³/mol. The van der Waals surface area contributed by atoms with Crippen LogP contribution in [0.25, 0.3) is 0 Å². The zero-order chi connectivity index (χ0) is 15.2. The first-order valence-electron chi connectivity index (χ1n) is 6.19. The quantitative estimate of drug-likeness (QED) is 0.246. The van der Waals surface area contributed by atoms with Gasteiger partial charge in [0.1, 0.15) is 11.5 Å². The number of halogens is 4. The van der Waals surface area contributed by atoms with E-state index in [0.717, 1.165) is 0 Å². The van der Waals surface area contributed by atoms with Crippen LogP contribution in [0.15, 0.2) is 23.7 Å². The van der Waals surface area contributed by atoms with E-state index in [1.54, 1.807) is 12.2 Å². The summed E-state index contributed by atoms with van der Waals surface area (Å²) < 4.78 is 22.4. The Bertz CT molecular complexity index is 305. The van der Waals surface area contributed by atoms with Gasteiger partial charge in [0, 0.05) is 36.4 Å². The Kier molecular flexibility index (Phi) is 14.7. The number of rotatable bonds is 12. The molecule has 118 valence electrons. The van der Waals surface area contributed by atoms with Gasteiger partial charge in [-0.25, -0.2) is 4.57 Å². The molecule has 0 fully saturated rings. The molecule has 20 heavy (non-hydrogen) atoms. The summed E-state index contributed by atoms with van der Waals surface area (Å²) in [5, 5.41) is 0. The average Bonchev–Trinajstić information content (AvgIpc) is 2.42.